The van der Waals surface area contributed by atoms with Crippen molar-refractivity contribution in [1.29, 1.82) is 0 Å². The molecule has 5 nitrogen and oxygen atoms in total. The van der Waals surface area contributed by atoms with Crippen LogP contribution in [0.15, 0.2) is 42.6 Å². The van der Waals surface area contributed by atoms with Crippen molar-refractivity contribution in [3.05, 3.63) is 65.3 Å². The molecule has 3 aromatic rings. The van der Waals surface area contributed by atoms with Crippen LogP contribution >= 0.6 is 22.6 Å². The number of benzene rings is 1. The molecule has 0 amide bonds. The van der Waals surface area contributed by atoms with E-state index in [2.05, 4.69) is 38.9 Å². The number of halogens is 4. The number of nitrogens with zero attached hydrogens (tertiary/aromatic N) is 4. The van der Waals surface area contributed by atoms with E-state index in [-0.39, 0.29) is 11.0 Å². The lowest BCUT2D eigenvalue weighted by molar-refractivity contribution is 0.146. The molecular formula is C23H23F3IN5. The number of fused-ring (bicyclic) bond motifs is 1. The normalized spacial score (nSPS) is 16.2. The van der Waals surface area contributed by atoms with Crippen LogP contribution in [0, 0.1) is 18.2 Å². The van der Waals surface area contributed by atoms with E-state index < -0.39 is 21.9 Å². The first-order chi connectivity index (χ1) is 15.1. The maximum atomic E-state index is 14.6. The van der Waals surface area contributed by atoms with Gasteiger partial charge in [0.05, 0.1) is 28.7 Å². The summed E-state index contributed by atoms with van der Waals surface area (Å²) >= 11 is 1.97. The van der Waals surface area contributed by atoms with Crippen LogP contribution in [0.25, 0.3) is 10.9 Å². The van der Waals surface area contributed by atoms with Gasteiger partial charge in [-0.15, -0.1) is 5.10 Å². The van der Waals surface area contributed by atoms with Crippen molar-refractivity contribution in [2.75, 3.05) is 23.3 Å². The molecule has 0 spiro atoms. The number of anilines is 2. The lowest BCUT2D eigenvalue weighted by atomic mass is 9.76. The summed E-state index contributed by atoms with van der Waals surface area (Å²) in [6, 6.07) is 5.99. The molecule has 0 aliphatic carbocycles. The van der Waals surface area contributed by atoms with Crippen LogP contribution in [-0.2, 0) is 0 Å². The molecule has 168 valence electrons. The second kappa shape index (κ2) is 8.49. The number of aromatic nitrogens is 3. The summed E-state index contributed by atoms with van der Waals surface area (Å²) in [5.74, 6) is -0.498. The van der Waals surface area contributed by atoms with E-state index in [0.29, 0.717) is 17.0 Å². The molecule has 0 radical (unpaired) electrons. The molecule has 2 aromatic heterocycles. The average molecular weight is 553 g/mol. The Bertz CT molecular complexity index is 1190. The third-order valence-corrected chi connectivity index (χ3v) is 7.06. The number of hydrogen-bond donors (Lipinski definition) is 1. The molecule has 1 saturated heterocycles. The van der Waals surface area contributed by atoms with Gasteiger partial charge in [-0.2, -0.15) is 5.10 Å². The fourth-order valence-corrected chi connectivity index (χ4v) is 4.58. The highest BCUT2D eigenvalue weighted by Crippen LogP contribution is 2.40. The largest absolute Gasteiger partial charge is 0.368 e. The van der Waals surface area contributed by atoms with Gasteiger partial charge in [0.25, 0.3) is 6.43 Å². The predicted molar refractivity (Wildman–Crippen MR) is 129 cm³/mol. The Morgan fingerprint density at radius 3 is 2.59 bits per heavy atom. The van der Waals surface area contributed by atoms with Gasteiger partial charge in [-0.1, -0.05) is 59.9 Å². The van der Waals surface area contributed by atoms with Gasteiger partial charge >= 0.3 is 0 Å². The molecule has 0 saturated carbocycles. The van der Waals surface area contributed by atoms with Gasteiger partial charge < -0.3 is 10.2 Å². The second-order valence-electron chi connectivity index (χ2n) is 8.48. The zero-order valence-electron chi connectivity index (χ0n) is 18.0. The Morgan fingerprint density at radius 1 is 1.25 bits per heavy atom. The molecule has 1 atom stereocenters. The van der Waals surface area contributed by atoms with Crippen LogP contribution in [0.1, 0.15) is 41.1 Å². The summed E-state index contributed by atoms with van der Waals surface area (Å²) in [4.78, 5) is 6.81. The van der Waals surface area contributed by atoms with Crippen LogP contribution in [0.2, 0.25) is 0 Å². The minimum Gasteiger partial charge on any atom is -0.368 e. The van der Waals surface area contributed by atoms with E-state index in [1.165, 1.54) is 12.1 Å². The first kappa shape index (κ1) is 22.8. The number of aryl methyl sites for hydroxylation is 1. The fourth-order valence-electron chi connectivity index (χ4n) is 3.81. The van der Waals surface area contributed by atoms with Crippen molar-refractivity contribution >= 4 is 45.0 Å². The van der Waals surface area contributed by atoms with Gasteiger partial charge in [-0.3, -0.25) is 4.98 Å². The van der Waals surface area contributed by atoms with Gasteiger partial charge in [-0.25, -0.2) is 13.2 Å². The zero-order valence-corrected chi connectivity index (χ0v) is 20.1. The quantitative estimate of drug-likeness (QED) is 0.167. The first-order valence-corrected chi connectivity index (χ1v) is 11.4. The summed E-state index contributed by atoms with van der Waals surface area (Å²) in [5, 5.41) is 12.3. The molecule has 1 aromatic carbocycles. The molecule has 4 rings (SSSR count). The summed E-state index contributed by atoms with van der Waals surface area (Å²) in [6.07, 6.45) is -1.07. The fraction of sp³-hybridized carbons (Fsp3) is 0.348. The standard InChI is InChI=1S/C23H23F3IN5/c1-12(2)23(4)10-32(11-23)14-8-17-19(28-9-14)13(3)30-31-22(17)29-21(27)16-7-5-6-15(18(16)24)20(25)26/h5-9,20-21H,1,10-11H2,2-4H3,(H,29,31)/t21-/m0/s1. The second-order valence-corrected chi connectivity index (χ2v) is 9.72. The zero-order chi connectivity index (χ0) is 23.2. The maximum absolute atomic E-state index is 14.6. The van der Waals surface area contributed by atoms with E-state index in [0.717, 1.165) is 35.8 Å². The van der Waals surface area contributed by atoms with Crippen molar-refractivity contribution < 1.29 is 13.2 Å². The van der Waals surface area contributed by atoms with Gasteiger partial charge in [0, 0.05) is 29.5 Å². The SMILES string of the molecule is C=C(C)C1(C)CN(c2cnc3c(C)nnc(N[C@H](I)c4cccc(C(F)F)c4F)c3c2)C1. The minimum absolute atomic E-state index is 0.0724. The number of pyridine rings is 1. The predicted octanol–water partition coefficient (Wildman–Crippen LogP) is 6.36. The van der Waals surface area contributed by atoms with Crippen LogP contribution in [0.3, 0.4) is 0 Å². The number of hydrogen-bond acceptors (Lipinski definition) is 5. The molecule has 1 aliphatic rings. The third kappa shape index (κ3) is 4.02. The Morgan fingerprint density at radius 2 is 1.94 bits per heavy atom. The Labute approximate surface area is 198 Å². The highest BCUT2D eigenvalue weighted by molar-refractivity contribution is 14.1. The Balaban J connectivity index is 1.67. The highest BCUT2D eigenvalue weighted by Gasteiger charge is 2.39. The monoisotopic (exact) mass is 553 g/mol. The third-order valence-electron chi connectivity index (χ3n) is 6.08. The average Bonchev–Trinajstić information content (AvgIpc) is 2.73. The smallest absolute Gasteiger partial charge is 0.266 e. The lowest BCUT2D eigenvalue weighted by Gasteiger charge is -2.50. The highest BCUT2D eigenvalue weighted by atomic mass is 127. The van der Waals surface area contributed by atoms with Crippen molar-refractivity contribution in [1.82, 2.24) is 15.2 Å². The van der Waals surface area contributed by atoms with Crippen molar-refractivity contribution in [2.45, 2.75) is 31.2 Å². The van der Waals surface area contributed by atoms with Gasteiger partial charge in [0.1, 0.15) is 9.87 Å². The van der Waals surface area contributed by atoms with E-state index in [9.17, 15) is 13.2 Å². The van der Waals surface area contributed by atoms with Crippen LogP contribution < -0.4 is 10.2 Å². The number of rotatable bonds is 6. The van der Waals surface area contributed by atoms with E-state index in [1.807, 2.05) is 48.7 Å². The Kier molecular flexibility index (Phi) is 6.04. The molecule has 3 heterocycles. The molecule has 1 N–H and O–H groups in total. The molecule has 32 heavy (non-hydrogen) atoms. The van der Waals surface area contributed by atoms with E-state index in [4.69, 9.17) is 0 Å². The van der Waals surface area contributed by atoms with Gasteiger partial charge in [0.2, 0.25) is 0 Å². The van der Waals surface area contributed by atoms with Gasteiger partial charge in [0.15, 0.2) is 5.82 Å². The van der Waals surface area contributed by atoms with Crippen molar-refractivity contribution in [3.8, 4) is 0 Å². The van der Waals surface area contributed by atoms with E-state index in [1.54, 1.807) is 0 Å². The summed E-state index contributed by atoms with van der Waals surface area (Å²) in [6.45, 7) is 11.8. The number of alkyl halides is 3. The van der Waals surface area contributed by atoms with E-state index >= 15 is 0 Å². The van der Waals surface area contributed by atoms with Crippen LogP contribution in [-0.4, -0.2) is 28.3 Å². The maximum Gasteiger partial charge on any atom is 0.266 e. The first-order valence-electron chi connectivity index (χ1n) is 10.1. The molecule has 0 unspecified atom stereocenters. The molecule has 1 aliphatic heterocycles. The van der Waals surface area contributed by atoms with Gasteiger partial charge in [-0.05, 0) is 19.9 Å². The molecule has 0 bridgehead atoms. The Hall–Kier alpha value is -2.43. The van der Waals surface area contributed by atoms with Crippen molar-refractivity contribution in [2.24, 2.45) is 5.41 Å². The summed E-state index contributed by atoms with van der Waals surface area (Å²) in [7, 11) is 0. The lowest BCUT2D eigenvalue weighted by Crippen LogP contribution is -2.55. The molecular weight excluding hydrogens is 530 g/mol. The molecule has 1 fully saturated rings. The summed E-state index contributed by atoms with van der Waals surface area (Å²) in [5.41, 5.74) is 3.03. The topological polar surface area (TPSA) is 53.9 Å². The summed E-state index contributed by atoms with van der Waals surface area (Å²) < 4.78 is 40.2. The number of nitrogens with one attached hydrogen (secondary N) is 1. The van der Waals surface area contributed by atoms with Crippen LogP contribution in [0.4, 0.5) is 24.7 Å². The van der Waals surface area contributed by atoms with Crippen molar-refractivity contribution in [3.63, 3.8) is 0 Å². The molecule has 9 heteroatoms. The minimum atomic E-state index is -2.88. The van der Waals surface area contributed by atoms with Crippen LogP contribution in [0.5, 0.6) is 0 Å².